The molecule has 4 rings (SSSR count). The van der Waals surface area contributed by atoms with E-state index in [0.717, 1.165) is 12.1 Å². The molecule has 1 aliphatic rings. The van der Waals surface area contributed by atoms with E-state index in [4.69, 9.17) is 21.1 Å². The minimum absolute atomic E-state index is 0.0971. The number of nitrogens with zero attached hydrogens (tertiary/aromatic N) is 2. The number of benzene rings is 2. The number of carbonyl (C=O) groups is 1. The predicted octanol–water partition coefficient (Wildman–Crippen LogP) is 7.01. The summed E-state index contributed by atoms with van der Waals surface area (Å²) in [6.07, 6.45) is 1.48. The van der Waals surface area contributed by atoms with Gasteiger partial charge in [-0.25, -0.2) is 13.2 Å². The molecular weight excluding hydrogens is 537 g/mol. The number of fused-ring (bicyclic) bond motifs is 1. The van der Waals surface area contributed by atoms with E-state index in [2.05, 4.69) is 9.88 Å². The Bertz CT molecular complexity index is 1290. The number of likely N-dealkylation sites (tertiary alicyclic amines) is 1. The molecule has 5 nitrogen and oxygen atoms in total. The maximum absolute atomic E-state index is 15.7. The highest BCUT2D eigenvalue weighted by molar-refractivity contribution is 7.99. The molecule has 204 valence electrons. The lowest BCUT2D eigenvalue weighted by atomic mass is 9.74. The van der Waals surface area contributed by atoms with Crippen LogP contribution in [0.25, 0.3) is 10.9 Å². The Morgan fingerprint density at radius 3 is 2.66 bits per heavy atom. The normalized spacial score (nSPS) is 16.4. The van der Waals surface area contributed by atoms with Crippen molar-refractivity contribution in [3.63, 3.8) is 0 Å². The minimum atomic E-state index is -1.41. The van der Waals surface area contributed by atoms with Crippen LogP contribution in [0.2, 0.25) is 5.02 Å². The van der Waals surface area contributed by atoms with Crippen molar-refractivity contribution in [1.29, 1.82) is 0 Å². The molecule has 1 aliphatic heterocycles. The number of methoxy groups -OCH3 is 2. The zero-order valence-corrected chi connectivity index (χ0v) is 22.9. The summed E-state index contributed by atoms with van der Waals surface area (Å²) in [6, 6.07) is 8.65. The Kier molecular flexibility index (Phi) is 9.44. The van der Waals surface area contributed by atoms with E-state index < -0.39 is 23.2 Å². The Hall–Kier alpha value is -2.49. The predicted molar refractivity (Wildman–Crippen MR) is 144 cm³/mol. The molecule has 1 saturated heterocycles. The van der Waals surface area contributed by atoms with Crippen molar-refractivity contribution >= 4 is 40.2 Å². The third-order valence-electron chi connectivity index (χ3n) is 7.25. The van der Waals surface area contributed by atoms with Crippen LogP contribution in [-0.4, -0.2) is 55.5 Å². The van der Waals surface area contributed by atoms with Gasteiger partial charge in [0.15, 0.2) is 0 Å². The van der Waals surface area contributed by atoms with Gasteiger partial charge in [-0.1, -0.05) is 11.6 Å². The Balaban J connectivity index is 1.40. The lowest BCUT2D eigenvalue weighted by molar-refractivity contribution is -0.156. The number of hydrogen-bond donors (Lipinski definition) is 0. The van der Waals surface area contributed by atoms with Crippen LogP contribution in [0.5, 0.6) is 5.75 Å². The molecule has 0 N–H and O–H groups in total. The van der Waals surface area contributed by atoms with Crippen molar-refractivity contribution in [3.8, 4) is 5.75 Å². The highest BCUT2D eigenvalue weighted by Crippen LogP contribution is 2.43. The molecule has 1 fully saturated rings. The molecule has 0 radical (unpaired) electrons. The number of thioether (sulfide) groups is 1. The molecular formula is C28H30ClF3N2O3S. The number of aromatic nitrogens is 1. The highest BCUT2D eigenvalue weighted by Gasteiger charge is 2.42. The van der Waals surface area contributed by atoms with E-state index in [-0.39, 0.29) is 22.3 Å². The monoisotopic (exact) mass is 566 g/mol. The summed E-state index contributed by atoms with van der Waals surface area (Å²) >= 11 is 7.64. The first-order valence-corrected chi connectivity index (χ1v) is 13.8. The van der Waals surface area contributed by atoms with E-state index in [1.54, 1.807) is 18.2 Å². The van der Waals surface area contributed by atoms with Crippen LogP contribution in [0.1, 0.15) is 37.4 Å². The molecule has 0 saturated carbocycles. The van der Waals surface area contributed by atoms with Gasteiger partial charge in [0.25, 0.3) is 0 Å². The van der Waals surface area contributed by atoms with Gasteiger partial charge < -0.3 is 14.4 Å². The summed E-state index contributed by atoms with van der Waals surface area (Å²) < 4.78 is 53.5. The van der Waals surface area contributed by atoms with Gasteiger partial charge in [0.2, 0.25) is 0 Å². The second kappa shape index (κ2) is 12.6. The molecule has 0 amide bonds. The number of ether oxygens (including phenoxy) is 2. The van der Waals surface area contributed by atoms with Gasteiger partial charge in [-0.3, -0.25) is 9.78 Å². The van der Waals surface area contributed by atoms with Crippen molar-refractivity contribution in [2.45, 2.75) is 36.8 Å². The molecule has 0 aliphatic carbocycles. The van der Waals surface area contributed by atoms with Crippen molar-refractivity contribution in [3.05, 3.63) is 64.8 Å². The molecule has 0 spiro atoms. The summed E-state index contributed by atoms with van der Waals surface area (Å²) in [5.41, 5.74) is 0.152. The summed E-state index contributed by atoms with van der Waals surface area (Å²) in [6.45, 7) is 1.90. The molecule has 1 atom stereocenters. The Morgan fingerprint density at radius 2 is 1.95 bits per heavy atom. The minimum Gasteiger partial charge on any atom is -0.497 e. The number of carbonyl (C=O) groups excluding carboxylic acids is 1. The number of piperidine rings is 1. The number of rotatable bonds is 10. The van der Waals surface area contributed by atoms with Gasteiger partial charge in [0, 0.05) is 34.3 Å². The molecule has 2 aromatic carbocycles. The molecule has 3 aromatic rings. The summed E-state index contributed by atoms with van der Waals surface area (Å²) in [5.74, 6) is -0.100. The molecule has 38 heavy (non-hydrogen) atoms. The van der Waals surface area contributed by atoms with Crippen LogP contribution in [0.4, 0.5) is 13.2 Å². The van der Waals surface area contributed by atoms with Gasteiger partial charge in [0.1, 0.15) is 23.6 Å². The van der Waals surface area contributed by atoms with Gasteiger partial charge in [-0.15, -0.1) is 11.8 Å². The molecule has 1 aromatic heterocycles. The quantitative estimate of drug-likeness (QED) is 0.194. The van der Waals surface area contributed by atoms with E-state index in [0.29, 0.717) is 66.9 Å². The maximum atomic E-state index is 15.7. The zero-order chi connectivity index (χ0) is 27.3. The number of halogens is 4. The molecule has 2 heterocycles. The second-order valence-corrected chi connectivity index (χ2v) is 11.0. The number of esters is 1. The lowest BCUT2D eigenvalue weighted by Crippen LogP contribution is -2.45. The third kappa shape index (κ3) is 6.38. The first-order valence-electron chi connectivity index (χ1n) is 12.4. The first-order chi connectivity index (χ1) is 18.3. The van der Waals surface area contributed by atoms with Crippen molar-refractivity contribution < 1.29 is 27.4 Å². The van der Waals surface area contributed by atoms with E-state index in [1.165, 1.54) is 38.2 Å². The second-order valence-electron chi connectivity index (χ2n) is 9.45. The zero-order valence-electron chi connectivity index (χ0n) is 21.3. The van der Waals surface area contributed by atoms with E-state index in [9.17, 15) is 13.6 Å². The van der Waals surface area contributed by atoms with Gasteiger partial charge in [0.05, 0.1) is 30.2 Å². The number of pyridine rings is 1. The largest absolute Gasteiger partial charge is 0.497 e. The average Bonchev–Trinajstić information content (AvgIpc) is 2.93. The fraction of sp³-hybridized carbons (Fsp3) is 0.429. The molecule has 1 unspecified atom stereocenters. The lowest BCUT2D eigenvalue weighted by Gasteiger charge is -2.40. The van der Waals surface area contributed by atoms with Crippen LogP contribution in [-0.2, 0) is 9.53 Å². The SMILES string of the molecule is COC(=O)C1(CCC(F)c2c(Cl)cnc3ccc(OC)cc23)CCN(CCSc2cc(F)ccc2F)CC1. The van der Waals surface area contributed by atoms with Crippen LogP contribution < -0.4 is 4.74 Å². The van der Waals surface area contributed by atoms with Crippen molar-refractivity contribution in [1.82, 2.24) is 9.88 Å². The molecule has 0 bridgehead atoms. The van der Waals surface area contributed by atoms with E-state index in [1.807, 2.05) is 0 Å². The highest BCUT2D eigenvalue weighted by atomic mass is 35.5. The fourth-order valence-corrected chi connectivity index (χ4v) is 6.25. The summed E-state index contributed by atoms with van der Waals surface area (Å²) in [4.78, 5) is 19.6. The number of alkyl halides is 1. The van der Waals surface area contributed by atoms with Crippen molar-refractivity contribution in [2.75, 3.05) is 39.6 Å². The smallest absolute Gasteiger partial charge is 0.311 e. The number of hydrogen-bond acceptors (Lipinski definition) is 6. The Labute approximate surface area is 229 Å². The van der Waals surface area contributed by atoms with Crippen LogP contribution in [0.15, 0.2) is 47.5 Å². The van der Waals surface area contributed by atoms with Gasteiger partial charge >= 0.3 is 5.97 Å². The van der Waals surface area contributed by atoms with Gasteiger partial charge in [-0.2, -0.15) is 0 Å². The molecule has 10 heteroatoms. The Morgan fingerprint density at radius 1 is 1.18 bits per heavy atom. The van der Waals surface area contributed by atoms with E-state index >= 15 is 4.39 Å². The van der Waals surface area contributed by atoms with Crippen LogP contribution in [0.3, 0.4) is 0 Å². The van der Waals surface area contributed by atoms with Crippen LogP contribution in [0, 0.1) is 17.0 Å². The maximum Gasteiger partial charge on any atom is 0.311 e. The summed E-state index contributed by atoms with van der Waals surface area (Å²) in [7, 11) is 2.89. The standard InChI is InChI=1S/C28H30ClF3N2O3S/c1-36-19-4-6-24-20(16-19)26(21(29)17-33-24)23(32)7-8-28(27(35)37-2)9-11-34(12-10-28)13-14-38-25-15-18(30)3-5-22(25)31/h3-6,15-17,23H,7-14H2,1-2H3. The first kappa shape index (κ1) is 28.5. The van der Waals surface area contributed by atoms with Crippen molar-refractivity contribution in [2.24, 2.45) is 5.41 Å². The summed E-state index contributed by atoms with van der Waals surface area (Å²) in [5, 5.41) is 0.811. The van der Waals surface area contributed by atoms with Gasteiger partial charge in [-0.05, 0) is 75.2 Å². The van der Waals surface area contributed by atoms with Crippen LogP contribution >= 0.6 is 23.4 Å². The third-order valence-corrected chi connectivity index (χ3v) is 8.56. The fourth-order valence-electron chi connectivity index (χ4n) is 5.01. The average molecular weight is 567 g/mol. The topological polar surface area (TPSA) is 51.7 Å².